The number of aliphatic hydroxyl groups excluding tert-OH is 1. The maximum absolute atomic E-state index is 10.9. The topological polar surface area (TPSA) is 67.8 Å². The molecule has 0 aliphatic carbocycles. The number of rotatable bonds is 4. The van der Waals surface area contributed by atoms with E-state index < -0.39 is 6.10 Å². The highest BCUT2D eigenvalue weighted by atomic mass is 35.5. The van der Waals surface area contributed by atoms with Crippen LogP contribution in [0.4, 0.5) is 0 Å². The van der Waals surface area contributed by atoms with E-state index in [2.05, 4.69) is 5.32 Å². The van der Waals surface area contributed by atoms with Crippen molar-refractivity contribution in [3.8, 4) is 11.5 Å². The van der Waals surface area contributed by atoms with Crippen molar-refractivity contribution in [2.45, 2.75) is 6.10 Å². The summed E-state index contributed by atoms with van der Waals surface area (Å²) < 4.78 is 10.5. The average Bonchev–Trinajstić information content (AvgIpc) is 2.76. The molecule has 0 aromatic heterocycles. The second-order valence-electron chi connectivity index (χ2n) is 3.62. The molecule has 1 atom stereocenters. The molecular weight excluding hydrogens is 246 g/mol. The zero-order valence-electron chi connectivity index (χ0n) is 9.20. The lowest BCUT2D eigenvalue weighted by molar-refractivity contribution is 0.111. The summed E-state index contributed by atoms with van der Waals surface area (Å²) >= 11 is 6.04. The van der Waals surface area contributed by atoms with Crippen molar-refractivity contribution in [3.05, 3.63) is 22.2 Å². The Hall–Kier alpha value is -1.30. The minimum atomic E-state index is -0.816. The molecule has 92 valence electrons. The smallest absolute Gasteiger partial charge is 0.231 e. The third-order valence-electron chi connectivity index (χ3n) is 2.52. The molecule has 1 aliphatic rings. The van der Waals surface area contributed by atoms with Crippen molar-refractivity contribution in [2.24, 2.45) is 0 Å². The number of fused-ring (bicyclic) bond motifs is 1. The number of halogens is 1. The second-order valence-corrected chi connectivity index (χ2v) is 4.02. The minimum absolute atomic E-state index is 0.0236. The van der Waals surface area contributed by atoms with Crippen LogP contribution >= 0.6 is 11.6 Å². The maximum atomic E-state index is 10.9. The summed E-state index contributed by atoms with van der Waals surface area (Å²) in [4.78, 5) is 10.9. The number of aldehydes is 1. The van der Waals surface area contributed by atoms with E-state index in [0.717, 1.165) is 0 Å². The molecule has 2 N–H and O–H groups in total. The van der Waals surface area contributed by atoms with Crippen molar-refractivity contribution in [1.29, 1.82) is 0 Å². The molecule has 1 aromatic rings. The molecule has 0 fully saturated rings. The summed E-state index contributed by atoms with van der Waals surface area (Å²) in [5.74, 6) is 0.692. The molecule has 0 spiro atoms. The van der Waals surface area contributed by atoms with Crippen LogP contribution < -0.4 is 14.8 Å². The summed E-state index contributed by atoms with van der Waals surface area (Å²) in [5, 5.41) is 13.1. The van der Waals surface area contributed by atoms with E-state index in [1.165, 1.54) is 6.07 Å². The predicted molar refractivity (Wildman–Crippen MR) is 61.8 cm³/mol. The van der Waals surface area contributed by atoms with Crippen LogP contribution in [0.2, 0.25) is 5.02 Å². The lowest BCUT2D eigenvalue weighted by Gasteiger charge is -2.15. The Morgan fingerprint density at radius 1 is 1.59 bits per heavy atom. The monoisotopic (exact) mass is 257 g/mol. The van der Waals surface area contributed by atoms with Crippen LogP contribution in [0.1, 0.15) is 22.0 Å². The number of hydrogen-bond acceptors (Lipinski definition) is 5. The molecule has 1 aromatic carbocycles. The van der Waals surface area contributed by atoms with E-state index >= 15 is 0 Å². The molecule has 0 radical (unpaired) electrons. The lowest BCUT2D eigenvalue weighted by Crippen LogP contribution is -2.17. The van der Waals surface area contributed by atoms with Crippen molar-refractivity contribution in [2.75, 3.05) is 20.4 Å². The van der Waals surface area contributed by atoms with Crippen LogP contribution in [0.25, 0.3) is 0 Å². The van der Waals surface area contributed by atoms with Gasteiger partial charge in [0.1, 0.15) is 0 Å². The van der Waals surface area contributed by atoms with Crippen LogP contribution in [0, 0.1) is 0 Å². The highest BCUT2D eigenvalue weighted by Crippen LogP contribution is 2.44. The summed E-state index contributed by atoms with van der Waals surface area (Å²) in [6.45, 7) is 0.353. The Balaban J connectivity index is 2.53. The number of ether oxygens (including phenoxy) is 2. The zero-order valence-corrected chi connectivity index (χ0v) is 9.95. The molecule has 1 heterocycles. The first-order valence-corrected chi connectivity index (χ1v) is 5.46. The molecular formula is C11H12ClNO4. The van der Waals surface area contributed by atoms with Gasteiger partial charge in [-0.1, -0.05) is 11.6 Å². The van der Waals surface area contributed by atoms with Crippen LogP contribution in [0.15, 0.2) is 6.07 Å². The normalized spacial score (nSPS) is 14.8. The highest BCUT2D eigenvalue weighted by Gasteiger charge is 2.28. The van der Waals surface area contributed by atoms with Gasteiger partial charge in [0.15, 0.2) is 17.8 Å². The van der Waals surface area contributed by atoms with Crippen molar-refractivity contribution >= 4 is 17.9 Å². The predicted octanol–water partition coefficient (Wildman–Crippen LogP) is 1.13. The van der Waals surface area contributed by atoms with Gasteiger partial charge in [0.05, 0.1) is 16.7 Å². The second kappa shape index (κ2) is 4.91. The zero-order chi connectivity index (χ0) is 12.4. The van der Waals surface area contributed by atoms with Gasteiger partial charge in [0, 0.05) is 12.1 Å². The summed E-state index contributed by atoms with van der Waals surface area (Å²) in [5.41, 5.74) is 0.766. The number of hydrogen-bond donors (Lipinski definition) is 2. The number of likely N-dealkylation sites (N-methyl/N-ethyl adjacent to an activating group) is 1. The van der Waals surface area contributed by atoms with Crippen LogP contribution in [-0.4, -0.2) is 31.8 Å². The maximum Gasteiger partial charge on any atom is 0.231 e. The molecule has 0 bridgehead atoms. The molecule has 1 aliphatic heterocycles. The quantitative estimate of drug-likeness (QED) is 0.792. The molecule has 1 unspecified atom stereocenters. The average molecular weight is 258 g/mol. The van der Waals surface area contributed by atoms with E-state index in [4.69, 9.17) is 21.1 Å². The Labute approximate surface area is 103 Å². The fourth-order valence-electron chi connectivity index (χ4n) is 1.77. The molecule has 2 rings (SSSR count). The van der Waals surface area contributed by atoms with Gasteiger partial charge in [-0.2, -0.15) is 0 Å². The lowest BCUT2D eigenvalue weighted by atomic mass is 10.0. The van der Waals surface area contributed by atoms with Crippen LogP contribution in [0.5, 0.6) is 11.5 Å². The number of carbonyl (C=O) groups is 1. The Kier molecular flexibility index (Phi) is 3.51. The minimum Gasteiger partial charge on any atom is -0.453 e. The van der Waals surface area contributed by atoms with Gasteiger partial charge < -0.3 is 19.9 Å². The largest absolute Gasteiger partial charge is 0.453 e. The van der Waals surface area contributed by atoms with Gasteiger partial charge in [-0.25, -0.2) is 0 Å². The van der Waals surface area contributed by atoms with Gasteiger partial charge >= 0.3 is 0 Å². The molecule has 17 heavy (non-hydrogen) atoms. The van der Waals surface area contributed by atoms with Crippen LogP contribution in [0.3, 0.4) is 0 Å². The van der Waals surface area contributed by atoms with Gasteiger partial charge in [-0.3, -0.25) is 4.79 Å². The number of nitrogens with one attached hydrogen (secondary N) is 1. The number of benzene rings is 1. The Morgan fingerprint density at radius 3 is 2.94 bits per heavy atom. The van der Waals surface area contributed by atoms with E-state index in [9.17, 15) is 9.90 Å². The fourth-order valence-corrected chi connectivity index (χ4v) is 2.10. The molecule has 5 nitrogen and oxygen atoms in total. The highest BCUT2D eigenvalue weighted by molar-refractivity contribution is 6.32. The number of aliphatic hydroxyl groups is 1. The molecule has 0 amide bonds. The van der Waals surface area contributed by atoms with Gasteiger partial charge in [-0.15, -0.1) is 0 Å². The number of carbonyl (C=O) groups excluding carboxylic acids is 1. The van der Waals surface area contributed by atoms with Gasteiger partial charge in [0.2, 0.25) is 6.79 Å². The third kappa shape index (κ3) is 2.09. The van der Waals surface area contributed by atoms with Crippen LogP contribution in [-0.2, 0) is 0 Å². The first-order valence-electron chi connectivity index (χ1n) is 5.08. The van der Waals surface area contributed by atoms with E-state index in [1.54, 1.807) is 7.05 Å². The summed E-state index contributed by atoms with van der Waals surface area (Å²) in [6.07, 6.45) is -0.170. The SMILES string of the molecule is CNCC(O)c1c(Cl)cc(C=O)c2c1OCO2. The van der Waals surface area contributed by atoms with Crippen molar-refractivity contribution in [3.63, 3.8) is 0 Å². The summed E-state index contributed by atoms with van der Waals surface area (Å²) in [6, 6.07) is 1.47. The third-order valence-corrected chi connectivity index (χ3v) is 2.83. The van der Waals surface area contributed by atoms with E-state index in [-0.39, 0.29) is 6.79 Å². The van der Waals surface area contributed by atoms with E-state index in [0.29, 0.717) is 40.5 Å². The van der Waals surface area contributed by atoms with Gasteiger partial charge in [-0.05, 0) is 13.1 Å². The fraction of sp³-hybridized carbons (Fsp3) is 0.364. The standard InChI is InChI=1S/C11H12ClNO4/c1-13-3-8(15)9-7(12)2-6(4-14)10-11(9)17-5-16-10/h2,4,8,13,15H,3,5H2,1H3. The van der Waals surface area contributed by atoms with E-state index in [1.807, 2.05) is 0 Å². The molecule has 6 heteroatoms. The Bertz CT molecular complexity index is 450. The first kappa shape index (κ1) is 12.2. The molecule has 0 saturated carbocycles. The first-order chi connectivity index (χ1) is 8.19. The Morgan fingerprint density at radius 2 is 2.29 bits per heavy atom. The van der Waals surface area contributed by atoms with Gasteiger partial charge in [0.25, 0.3) is 0 Å². The van der Waals surface area contributed by atoms with Crippen molar-refractivity contribution in [1.82, 2.24) is 5.32 Å². The summed E-state index contributed by atoms with van der Waals surface area (Å²) in [7, 11) is 1.72. The molecule has 0 saturated heterocycles. The van der Waals surface area contributed by atoms with Crippen molar-refractivity contribution < 1.29 is 19.4 Å².